The molecular weight excluding hydrogens is 404 g/mol. The van der Waals surface area contributed by atoms with Crippen molar-refractivity contribution in [3.05, 3.63) is 47.0 Å². The molecule has 0 saturated heterocycles. The lowest BCUT2D eigenvalue weighted by molar-refractivity contribution is 0.480. The average molecular weight is 427 g/mol. The highest BCUT2D eigenvalue weighted by atomic mass is 32.2. The fraction of sp³-hybridized carbons (Fsp3) is 0.222. The quantitative estimate of drug-likeness (QED) is 0.298. The molecule has 28 heavy (non-hydrogen) atoms. The summed E-state index contributed by atoms with van der Waals surface area (Å²) in [5.74, 6) is 0. The molecule has 10 heteroatoms. The molecule has 8 nitrogen and oxygen atoms in total. The minimum atomic E-state index is -4.59. The van der Waals surface area contributed by atoms with Gasteiger partial charge in [0.15, 0.2) is 0 Å². The number of rotatable bonds is 7. The second kappa shape index (κ2) is 8.31. The lowest BCUT2D eigenvalue weighted by Crippen LogP contribution is -2.09. The maximum Gasteiger partial charge on any atom is 0.295 e. The van der Waals surface area contributed by atoms with E-state index in [2.05, 4.69) is 0 Å². The van der Waals surface area contributed by atoms with Crippen molar-refractivity contribution in [3.8, 4) is 0 Å². The Morgan fingerprint density at radius 3 is 2.11 bits per heavy atom. The molecule has 2 aromatic carbocycles. The first-order chi connectivity index (χ1) is 12.9. The molecule has 0 heterocycles. The summed E-state index contributed by atoms with van der Waals surface area (Å²) in [6.07, 6.45) is 4.47. The summed E-state index contributed by atoms with van der Waals surface area (Å²) in [4.78, 5) is -0.736. The van der Waals surface area contributed by atoms with Crippen LogP contribution in [0.4, 0.5) is 11.4 Å². The number of nitrogen functional groups attached to an aromatic ring is 2. The Balaban J connectivity index is 2.65. The second-order valence-electron chi connectivity index (χ2n) is 6.24. The number of unbranched alkanes of at least 4 members (excludes halogenated alkanes) is 1. The van der Waals surface area contributed by atoms with Gasteiger partial charge < -0.3 is 11.5 Å². The van der Waals surface area contributed by atoms with E-state index in [0.717, 1.165) is 12.5 Å². The van der Waals surface area contributed by atoms with Gasteiger partial charge in [0.1, 0.15) is 9.79 Å². The molecule has 0 spiro atoms. The molecule has 0 aromatic heterocycles. The third-order valence-electron chi connectivity index (χ3n) is 4.12. The van der Waals surface area contributed by atoms with E-state index in [1.54, 1.807) is 0 Å². The first-order valence-electron chi connectivity index (χ1n) is 8.39. The van der Waals surface area contributed by atoms with Gasteiger partial charge in [-0.25, -0.2) is 0 Å². The van der Waals surface area contributed by atoms with E-state index in [1.807, 2.05) is 6.92 Å². The van der Waals surface area contributed by atoms with E-state index >= 15 is 0 Å². The topological polar surface area (TPSA) is 161 Å². The van der Waals surface area contributed by atoms with Crippen LogP contribution in [-0.4, -0.2) is 25.9 Å². The average Bonchev–Trinajstić information content (AvgIpc) is 2.58. The number of hydrogen-bond acceptors (Lipinski definition) is 6. The maximum atomic E-state index is 12.0. The summed E-state index contributed by atoms with van der Waals surface area (Å²) >= 11 is 0. The Morgan fingerprint density at radius 1 is 0.929 bits per heavy atom. The molecule has 0 amide bonds. The van der Waals surface area contributed by atoms with Crippen LogP contribution in [0, 0.1) is 0 Å². The van der Waals surface area contributed by atoms with Crippen molar-refractivity contribution in [1.82, 2.24) is 0 Å². The van der Waals surface area contributed by atoms with Gasteiger partial charge in [-0.05, 0) is 47.7 Å². The van der Waals surface area contributed by atoms with E-state index in [0.29, 0.717) is 18.4 Å². The van der Waals surface area contributed by atoms with Gasteiger partial charge in [0.25, 0.3) is 20.2 Å². The Morgan fingerprint density at radius 2 is 1.54 bits per heavy atom. The first-order valence-corrected chi connectivity index (χ1v) is 11.3. The zero-order valence-corrected chi connectivity index (χ0v) is 16.8. The minimum Gasteiger partial charge on any atom is -0.399 e. The molecule has 0 aliphatic carbocycles. The van der Waals surface area contributed by atoms with Crippen LogP contribution >= 0.6 is 0 Å². The number of benzene rings is 2. The maximum absolute atomic E-state index is 12.0. The lowest BCUT2D eigenvalue weighted by Gasteiger charge is -2.13. The SMILES string of the molecule is CCCCc1c(N)ccc(C=Cc2ccc(N)cc2S(=O)(=O)O)c1S(=O)(=O)O. The third-order valence-corrected chi connectivity index (χ3v) is 6.03. The Bertz CT molecular complexity index is 1120. The van der Waals surface area contributed by atoms with Crippen molar-refractivity contribution in [2.24, 2.45) is 0 Å². The van der Waals surface area contributed by atoms with Crippen LogP contribution in [0.25, 0.3) is 12.2 Å². The highest BCUT2D eigenvalue weighted by Crippen LogP contribution is 2.30. The summed E-state index contributed by atoms with van der Waals surface area (Å²) in [7, 11) is -9.13. The van der Waals surface area contributed by atoms with Crippen LogP contribution in [0.1, 0.15) is 36.5 Å². The highest BCUT2D eigenvalue weighted by molar-refractivity contribution is 7.86. The lowest BCUT2D eigenvalue weighted by atomic mass is 10.0. The summed E-state index contributed by atoms with van der Waals surface area (Å²) in [6.45, 7) is 1.94. The Labute approximate surface area is 164 Å². The normalized spacial score (nSPS) is 12.5. The first kappa shape index (κ1) is 21.9. The van der Waals surface area contributed by atoms with Crippen LogP contribution in [0.2, 0.25) is 0 Å². The predicted molar refractivity (Wildman–Crippen MR) is 109 cm³/mol. The second-order valence-corrected chi connectivity index (χ2v) is 8.98. The molecular formula is C18H22N2O6S2. The van der Waals surface area contributed by atoms with E-state index < -0.39 is 25.1 Å². The highest BCUT2D eigenvalue weighted by Gasteiger charge is 2.21. The standard InChI is InChI=1S/C18H22N2O6S2/c1-2-3-4-15-16(20)10-8-13(18(15)28(24,25)26)6-5-12-7-9-14(19)11-17(12)27(21,22)23/h5-11H,2-4,19-20H2,1H3,(H,21,22,23)(H,24,25,26). The fourth-order valence-corrected chi connectivity index (χ4v) is 4.48. The zero-order chi connectivity index (χ0) is 21.1. The van der Waals surface area contributed by atoms with Gasteiger partial charge in [-0.3, -0.25) is 9.11 Å². The van der Waals surface area contributed by atoms with Crippen LogP contribution in [0.15, 0.2) is 40.1 Å². The van der Waals surface area contributed by atoms with Crippen LogP contribution in [0.5, 0.6) is 0 Å². The Kier molecular flexibility index (Phi) is 6.50. The molecule has 0 aliphatic rings. The smallest absolute Gasteiger partial charge is 0.295 e. The molecule has 0 bridgehead atoms. The summed E-state index contributed by atoms with van der Waals surface area (Å²) in [6, 6.07) is 6.83. The number of anilines is 2. The van der Waals surface area contributed by atoms with E-state index in [-0.39, 0.29) is 27.4 Å². The van der Waals surface area contributed by atoms with Crippen molar-refractivity contribution in [2.45, 2.75) is 36.0 Å². The van der Waals surface area contributed by atoms with Crippen molar-refractivity contribution in [2.75, 3.05) is 11.5 Å². The van der Waals surface area contributed by atoms with Gasteiger partial charge in [-0.1, -0.05) is 37.6 Å². The molecule has 0 atom stereocenters. The molecule has 152 valence electrons. The predicted octanol–water partition coefficient (Wildman–Crippen LogP) is 2.86. The van der Waals surface area contributed by atoms with Crippen LogP contribution < -0.4 is 11.5 Å². The third kappa shape index (κ3) is 5.10. The van der Waals surface area contributed by atoms with Crippen molar-refractivity contribution in [3.63, 3.8) is 0 Å². The summed E-state index contributed by atoms with van der Waals surface area (Å²) < 4.78 is 66.2. The van der Waals surface area contributed by atoms with Gasteiger partial charge in [-0.2, -0.15) is 16.8 Å². The summed E-state index contributed by atoms with van der Waals surface area (Å²) in [5.41, 5.74) is 12.4. The largest absolute Gasteiger partial charge is 0.399 e. The molecule has 6 N–H and O–H groups in total. The van der Waals surface area contributed by atoms with Gasteiger partial charge >= 0.3 is 0 Å². The van der Waals surface area contributed by atoms with E-state index in [4.69, 9.17) is 11.5 Å². The number of nitrogens with two attached hydrogens (primary N) is 2. The molecule has 0 radical (unpaired) electrons. The number of hydrogen-bond donors (Lipinski definition) is 4. The molecule has 0 fully saturated rings. The molecule has 2 rings (SSSR count). The zero-order valence-electron chi connectivity index (χ0n) is 15.2. The van der Waals surface area contributed by atoms with Gasteiger partial charge in [0.05, 0.1) is 0 Å². The van der Waals surface area contributed by atoms with Crippen LogP contribution in [0.3, 0.4) is 0 Å². The molecule has 0 aliphatic heterocycles. The summed E-state index contributed by atoms with van der Waals surface area (Å²) in [5, 5.41) is 0. The van der Waals surface area contributed by atoms with Crippen LogP contribution in [-0.2, 0) is 26.7 Å². The van der Waals surface area contributed by atoms with E-state index in [1.165, 1.54) is 36.4 Å². The molecule has 0 saturated carbocycles. The fourth-order valence-electron chi connectivity index (χ4n) is 2.80. The van der Waals surface area contributed by atoms with Crippen molar-refractivity contribution < 1.29 is 25.9 Å². The molecule has 0 unspecified atom stereocenters. The van der Waals surface area contributed by atoms with Gasteiger partial charge in [0, 0.05) is 11.4 Å². The Hall–Kier alpha value is -2.40. The van der Waals surface area contributed by atoms with E-state index in [9.17, 15) is 25.9 Å². The van der Waals surface area contributed by atoms with Crippen molar-refractivity contribution in [1.29, 1.82) is 0 Å². The van der Waals surface area contributed by atoms with Gasteiger partial charge in [-0.15, -0.1) is 0 Å². The molecule has 2 aromatic rings. The monoisotopic (exact) mass is 426 g/mol. The van der Waals surface area contributed by atoms with Crippen molar-refractivity contribution >= 4 is 43.8 Å². The van der Waals surface area contributed by atoms with Gasteiger partial charge in [0.2, 0.25) is 0 Å². The minimum absolute atomic E-state index is 0.102.